The third-order valence-corrected chi connectivity index (χ3v) is 6.95. The standard InChI is InChI=1S/C23H25N3O/c1-25-14-12-23(13-15-25)26-22(18-8-4-5-9-20(18)27-23)19-11-10-16-6-2-3-7-17(16)21(19)24-26/h2-9,19,22H,10-15H2,1H3/t19-,22-/m1/s1. The molecule has 0 unspecified atom stereocenters. The SMILES string of the molecule is CN1CCC2(CC1)Oc1ccccc1[C@@H]1[C@@H]3CCc4ccccc4C3=NN12. The summed E-state index contributed by atoms with van der Waals surface area (Å²) in [5, 5.41) is 7.65. The number of likely N-dealkylation sites (tertiary alicyclic amines) is 1. The van der Waals surface area contributed by atoms with Gasteiger partial charge in [-0.1, -0.05) is 42.5 Å². The van der Waals surface area contributed by atoms with Crippen LogP contribution in [0.3, 0.4) is 0 Å². The molecule has 0 saturated carbocycles. The molecule has 0 radical (unpaired) electrons. The van der Waals surface area contributed by atoms with Gasteiger partial charge in [-0.25, -0.2) is 5.01 Å². The highest BCUT2D eigenvalue weighted by Crippen LogP contribution is 2.54. The van der Waals surface area contributed by atoms with Gasteiger partial charge in [0, 0.05) is 43.0 Å². The van der Waals surface area contributed by atoms with Crippen molar-refractivity contribution >= 4 is 5.71 Å². The van der Waals surface area contributed by atoms with E-state index >= 15 is 0 Å². The molecular formula is C23H25N3O. The van der Waals surface area contributed by atoms with Crippen LogP contribution in [0.1, 0.15) is 42.0 Å². The Labute approximate surface area is 160 Å². The number of nitrogens with zero attached hydrogens (tertiary/aromatic N) is 3. The number of para-hydroxylation sites is 1. The monoisotopic (exact) mass is 359 g/mol. The molecule has 2 aromatic rings. The van der Waals surface area contributed by atoms with Crippen LogP contribution in [0, 0.1) is 5.92 Å². The molecule has 0 bridgehead atoms. The van der Waals surface area contributed by atoms with E-state index in [-0.39, 0.29) is 5.72 Å². The van der Waals surface area contributed by atoms with Gasteiger partial charge in [0.05, 0.1) is 11.8 Å². The van der Waals surface area contributed by atoms with E-state index in [1.54, 1.807) is 0 Å². The lowest BCUT2D eigenvalue weighted by molar-refractivity contribution is -0.153. The average Bonchev–Trinajstić information content (AvgIpc) is 3.12. The molecule has 0 amide bonds. The Balaban J connectivity index is 1.51. The Morgan fingerprint density at radius 3 is 2.70 bits per heavy atom. The van der Waals surface area contributed by atoms with Crippen LogP contribution in [-0.2, 0) is 6.42 Å². The first kappa shape index (κ1) is 15.7. The zero-order valence-corrected chi connectivity index (χ0v) is 15.8. The first-order chi connectivity index (χ1) is 13.3. The van der Waals surface area contributed by atoms with Crippen molar-refractivity contribution < 1.29 is 4.74 Å². The van der Waals surface area contributed by atoms with Gasteiger partial charge in [0.2, 0.25) is 5.72 Å². The summed E-state index contributed by atoms with van der Waals surface area (Å²) in [7, 11) is 2.20. The molecule has 1 saturated heterocycles. The summed E-state index contributed by atoms with van der Waals surface area (Å²) >= 11 is 0. The van der Waals surface area contributed by atoms with E-state index in [2.05, 4.69) is 65.5 Å². The summed E-state index contributed by atoms with van der Waals surface area (Å²) in [5.74, 6) is 1.53. The van der Waals surface area contributed by atoms with E-state index in [0.717, 1.165) is 38.1 Å². The highest BCUT2D eigenvalue weighted by Gasteiger charge is 2.55. The number of rotatable bonds is 0. The van der Waals surface area contributed by atoms with E-state index < -0.39 is 0 Å². The molecule has 1 spiro atoms. The molecule has 3 aliphatic heterocycles. The Hall–Kier alpha value is -2.33. The second-order valence-corrected chi connectivity index (χ2v) is 8.47. The van der Waals surface area contributed by atoms with Crippen LogP contribution < -0.4 is 4.74 Å². The zero-order chi connectivity index (χ0) is 18.0. The fourth-order valence-corrected chi connectivity index (χ4v) is 5.48. The molecule has 0 aromatic heterocycles. The number of benzene rings is 2. The predicted molar refractivity (Wildman–Crippen MR) is 106 cm³/mol. The molecular weight excluding hydrogens is 334 g/mol. The van der Waals surface area contributed by atoms with Crippen LogP contribution >= 0.6 is 0 Å². The average molecular weight is 359 g/mol. The molecule has 27 heavy (non-hydrogen) atoms. The number of piperidine rings is 1. The van der Waals surface area contributed by atoms with E-state index in [1.165, 1.54) is 28.8 Å². The van der Waals surface area contributed by atoms with Gasteiger partial charge in [-0.2, -0.15) is 5.10 Å². The van der Waals surface area contributed by atoms with Gasteiger partial charge >= 0.3 is 0 Å². The fourth-order valence-electron chi connectivity index (χ4n) is 5.48. The summed E-state index contributed by atoms with van der Waals surface area (Å²) in [4.78, 5) is 2.40. The summed E-state index contributed by atoms with van der Waals surface area (Å²) in [6.45, 7) is 2.11. The summed E-state index contributed by atoms with van der Waals surface area (Å²) in [5.41, 5.74) is 5.08. The smallest absolute Gasteiger partial charge is 0.200 e. The first-order valence-corrected chi connectivity index (χ1v) is 10.2. The largest absolute Gasteiger partial charge is 0.466 e. The van der Waals surface area contributed by atoms with E-state index in [0.29, 0.717) is 12.0 Å². The van der Waals surface area contributed by atoms with Crippen molar-refractivity contribution in [3.63, 3.8) is 0 Å². The predicted octanol–water partition coefficient (Wildman–Crippen LogP) is 3.82. The summed E-state index contributed by atoms with van der Waals surface area (Å²) in [6.07, 6.45) is 4.31. The van der Waals surface area contributed by atoms with Gasteiger partial charge in [-0.05, 0) is 31.5 Å². The molecule has 4 aliphatic rings. The van der Waals surface area contributed by atoms with E-state index in [1.807, 2.05) is 0 Å². The number of fused-ring (bicyclic) bond motifs is 8. The third kappa shape index (κ3) is 2.16. The third-order valence-electron chi connectivity index (χ3n) is 6.95. The number of hydrazone groups is 1. The minimum atomic E-state index is -0.301. The second kappa shape index (κ2) is 5.59. The van der Waals surface area contributed by atoms with Crippen molar-refractivity contribution in [2.75, 3.05) is 20.1 Å². The lowest BCUT2D eigenvalue weighted by Gasteiger charge is -2.51. The lowest BCUT2D eigenvalue weighted by Crippen LogP contribution is -2.59. The maximum Gasteiger partial charge on any atom is 0.200 e. The zero-order valence-electron chi connectivity index (χ0n) is 15.8. The minimum Gasteiger partial charge on any atom is -0.466 e. The molecule has 1 fully saturated rings. The van der Waals surface area contributed by atoms with Gasteiger partial charge in [0.15, 0.2) is 0 Å². The van der Waals surface area contributed by atoms with Crippen molar-refractivity contribution in [3.8, 4) is 5.75 Å². The Morgan fingerprint density at radius 1 is 1.04 bits per heavy atom. The van der Waals surface area contributed by atoms with Crippen LogP contribution in [0.15, 0.2) is 53.6 Å². The van der Waals surface area contributed by atoms with Crippen LogP contribution in [0.5, 0.6) is 5.75 Å². The minimum absolute atomic E-state index is 0.301. The number of aryl methyl sites for hydroxylation is 1. The Morgan fingerprint density at radius 2 is 1.81 bits per heavy atom. The van der Waals surface area contributed by atoms with Crippen LogP contribution in [0.2, 0.25) is 0 Å². The highest BCUT2D eigenvalue weighted by atomic mass is 16.5. The molecule has 4 heteroatoms. The molecule has 6 rings (SSSR count). The highest BCUT2D eigenvalue weighted by molar-refractivity contribution is 6.05. The van der Waals surface area contributed by atoms with Crippen LogP contribution in [0.4, 0.5) is 0 Å². The van der Waals surface area contributed by atoms with E-state index in [9.17, 15) is 0 Å². The summed E-state index contributed by atoms with van der Waals surface area (Å²) < 4.78 is 6.71. The van der Waals surface area contributed by atoms with Gasteiger partial charge in [0.1, 0.15) is 5.75 Å². The van der Waals surface area contributed by atoms with E-state index in [4.69, 9.17) is 9.84 Å². The van der Waals surface area contributed by atoms with Crippen molar-refractivity contribution in [1.82, 2.24) is 9.91 Å². The molecule has 0 N–H and O–H groups in total. The molecule has 2 aromatic carbocycles. The first-order valence-electron chi connectivity index (χ1n) is 10.2. The van der Waals surface area contributed by atoms with Gasteiger partial charge in [-0.3, -0.25) is 0 Å². The van der Waals surface area contributed by atoms with Crippen molar-refractivity contribution in [3.05, 3.63) is 65.2 Å². The van der Waals surface area contributed by atoms with Crippen molar-refractivity contribution in [2.24, 2.45) is 11.0 Å². The molecule has 3 heterocycles. The van der Waals surface area contributed by atoms with Crippen molar-refractivity contribution in [2.45, 2.75) is 37.5 Å². The quantitative estimate of drug-likeness (QED) is 0.716. The normalized spacial score (nSPS) is 27.9. The van der Waals surface area contributed by atoms with Crippen LogP contribution in [-0.4, -0.2) is 41.5 Å². The van der Waals surface area contributed by atoms with Crippen LogP contribution in [0.25, 0.3) is 0 Å². The Kier molecular flexibility index (Phi) is 3.25. The number of hydrogen-bond donors (Lipinski definition) is 0. The maximum atomic E-state index is 6.71. The molecule has 2 atom stereocenters. The molecule has 4 nitrogen and oxygen atoms in total. The maximum absolute atomic E-state index is 6.71. The second-order valence-electron chi connectivity index (χ2n) is 8.47. The Bertz CT molecular complexity index is 929. The molecule has 1 aliphatic carbocycles. The van der Waals surface area contributed by atoms with Gasteiger partial charge in [0.25, 0.3) is 0 Å². The topological polar surface area (TPSA) is 28.1 Å². The van der Waals surface area contributed by atoms with Gasteiger partial charge in [-0.15, -0.1) is 0 Å². The fraction of sp³-hybridized carbons (Fsp3) is 0.435. The number of hydrogen-bond acceptors (Lipinski definition) is 4. The van der Waals surface area contributed by atoms with Gasteiger partial charge < -0.3 is 9.64 Å². The van der Waals surface area contributed by atoms with Crippen molar-refractivity contribution in [1.29, 1.82) is 0 Å². The summed E-state index contributed by atoms with van der Waals surface area (Å²) in [6, 6.07) is 17.8. The lowest BCUT2D eigenvalue weighted by atomic mass is 9.76. The number of ether oxygens (including phenoxy) is 1. The molecule has 138 valence electrons.